The van der Waals surface area contributed by atoms with E-state index in [4.69, 9.17) is 9.97 Å². The van der Waals surface area contributed by atoms with E-state index < -0.39 is 24.2 Å². The van der Waals surface area contributed by atoms with Gasteiger partial charge in [-0.15, -0.1) is 0 Å². The van der Waals surface area contributed by atoms with Crippen molar-refractivity contribution in [2.75, 3.05) is 0 Å². The molecule has 5 nitrogen and oxygen atoms in total. The van der Waals surface area contributed by atoms with E-state index in [1.54, 1.807) is 0 Å². The fourth-order valence-corrected chi connectivity index (χ4v) is 33.4. The number of hydrogen-bond donors (Lipinski definition) is 0. The van der Waals surface area contributed by atoms with Crippen LogP contribution in [0.3, 0.4) is 0 Å². The van der Waals surface area contributed by atoms with Crippen LogP contribution in [0.25, 0.3) is 105 Å². The number of benzene rings is 17. The van der Waals surface area contributed by atoms with Crippen molar-refractivity contribution in [3.05, 3.63) is 455 Å². The summed E-state index contributed by atoms with van der Waals surface area (Å²) in [4.78, 5) is 12.1. The molecule has 17 aromatic carbocycles. The van der Waals surface area contributed by atoms with E-state index in [2.05, 4.69) is 469 Å². The Hall–Kier alpha value is -14.1. The van der Waals surface area contributed by atoms with Crippen LogP contribution in [-0.2, 0) is 0 Å². The van der Waals surface area contributed by atoms with E-state index in [9.17, 15) is 0 Å². The zero-order valence-corrected chi connectivity index (χ0v) is 65.5. The van der Waals surface area contributed by atoms with Crippen LogP contribution in [0.4, 0.5) is 0 Å². The van der Waals surface area contributed by atoms with Crippen molar-refractivity contribution < 1.29 is 0 Å². The molecule has 0 fully saturated rings. The normalized spacial score (nSPS) is 12.0. The largest absolute Gasteiger partial charge is 0.309 e. The van der Waals surface area contributed by atoms with Gasteiger partial charge in [-0.25, -0.2) is 4.98 Å². The molecular formula is C106H75N5Si3. The molecular weight excluding hydrogens is 1430 g/mol. The van der Waals surface area contributed by atoms with Gasteiger partial charge < -0.3 is 4.57 Å². The number of para-hydroxylation sites is 3. The minimum absolute atomic E-state index is 0.566. The lowest BCUT2D eigenvalue weighted by Gasteiger charge is -2.35. The fraction of sp³-hybridized carbons (Fsp3) is 0. The average Bonchev–Trinajstić information content (AvgIpc) is 1.49. The van der Waals surface area contributed by atoms with Gasteiger partial charge in [0.05, 0.1) is 38.8 Å². The smallest absolute Gasteiger partial charge is 0.237 e. The highest BCUT2D eigenvalue weighted by molar-refractivity contribution is 7.21. The van der Waals surface area contributed by atoms with Crippen LogP contribution < -0.4 is 62.2 Å². The van der Waals surface area contributed by atoms with Crippen LogP contribution in [0.2, 0.25) is 0 Å². The standard InChI is InChI=1S/C106H75N5Si3/c1-10-36-76(37-11-1)78-38-34-56-89(72-78)114(86-52-24-8-25-53-86,87-54-26-9-27-55-87)88-66-64-77(65-67-88)97-75-103(108-106(107-97)110-98-61-31-28-58-92(98)94-69-68-91(74-102(94)110)113(83-46-18-5-19-47-83,84-48-20-6-21-49-84)85-50-22-7-23-51-85)111-99-62-32-29-59-93(99)95-70-71-101-104(105(95)111)96-60-30-33-63-100(96)109(101)79-39-35-57-90(73-79)112(80-40-12-2-13-41-80,81-42-14-3-15-43-81)82-44-16-4-17-45-82/h1-75H. The van der Waals surface area contributed by atoms with Crippen LogP contribution in [-0.4, -0.2) is 47.9 Å². The van der Waals surface area contributed by atoms with Gasteiger partial charge >= 0.3 is 0 Å². The van der Waals surface area contributed by atoms with Crippen molar-refractivity contribution in [3.63, 3.8) is 0 Å². The minimum Gasteiger partial charge on any atom is -0.309 e. The maximum absolute atomic E-state index is 6.13. The summed E-state index contributed by atoms with van der Waals surface area (Å²) in [5, 5.41) is 22.4. The molecule has 0 saturated heterocycles. The maximum atomic E-state index is 6.13. The Labute approximate surface area is 665 Å². The summed E-state index contributed by atoms with van der Waals surface area (Å²) in [5.41, 5.74) is 11.6. The Bertz CT molecular complexity index is 6890. The second-order valence-electron chi connectivity index (χ2n) is 29.8. The third kappa shape index (κ3) is 10.9. The molecule has 0 N–H and O–H groups in total. The summed E-state index contributed by atoms with van der Waals surface area (Å²) in [6, 6.07) is 170. The SMILES string of the molecule is c1ccc(-c2cccc([Si](c3ccccc3)(c3ccccc3)c3ccc(-c4cc(-n5c6ccccc6c6ccc7c(c8ccccc8n7-c7cccc([Si](c8ccccc8)(c8ccccc8)c8ccccc8)c7)c65)nc(-n5c6ccccc6c6ccc([Si](c7ccccc7)(c7ccccc7)c7ccccc7)cc65)n4)cc3)c2)cc1. The van der Waals surface area contributed by atoms with Crippen LogP contribution >= 0.6 is 0 Å². The molecule has 0 spiro atoms. The molecule has 0 atom stereocenters. The average molecular weight is 1500 g/mol. The van der Waals surface area contributed by atoms with E-state index in [-0.39, 0.29) is 0 Å². The minimum atomic E-state index is -3.08. The van der Waals surface area contributed by atoms with E-state index in [1.807, 2.05) is 0 Å². The summed E-state index contributed by atoms with van der Waals surface area (Å²) >= 11 is 0. The molecule has 0 radical (unpaired) electrons. The molecule has 114 heavy (non-hydrogen) atoms. The Balaban J connectivity index is 0.838. The van der Waals surface area contributed by atoms with Gasteiger partial charge in [-0.1, -0.05) is 406 Å². The second kappa shape index (κ2) is 28.3. The molecule has 4 aromatic heterocycles. The van der Waals surface area contributed by atoms with Gasteiger partial charge in [-0.2, -0.15) is 4.98 Å². The van der Waals surface area contributed by atoms with Crippen molar-refractivity contribution in [3.8, 4) is 39.8 Å². The van der Waals surface area contributed by atoms with Crippen molar-refractivity contribution in [1.29, 1.82) is 0 Å². The number of rotatable bonds is 17. The molecule has 0 saturated carbocycles. The highest BCUT2D eigenvalue weighted by atomic mass is 28.3. The van der Waals surface area contributed by atoms with Crippen LogP contribution in [0.1, 0.15) is 0 Å². The first kappa shape index (κ1) is 67.9. The van der Waals surface area contributed by atoms with E-state index in [1.165, 1.54) is 73.4 Å². The fourth-order valence-electron chi connectivity index (χ4n) is 19.1. The zero-order chi connectivity index (χ0) is 75.6. The van der Waals surface area contributed by atoms with Gasteiger partial charge in [0.1, 0.15) is 5.82 Å². The zero-order valence-electron chi connectivity index (χ0n) is 62.5. The summed E-state index contributed by atoms with van der Waals surface area (Å²) in [5.74, 6) is 1.32. The van der Waals surface area contributed by atoms with E-state index in [0.29, 0.717) is 5.95 Å². The molecule has 0 bridgehead atoms. The third-order valence-corrected chi connectivity index (χ3v) is 38.2. The summed E-state index contributed by atoms with van der Waals surface area (Å²) in [6.45, 7) is 0. The van der Waals surface area contributed by atoms with Gasteiger partial charge in [0.2, 0.25) is 5.95 Å². The van der Waals surface area contributed by atoms with Crippen LogP contribution in [0.5, 0.6) is 0 Å². The second-order valence-corrected chi connectivity index (χ2v) is 41.2. The van der Waals surface area contributed by atoms with Gasteiger partial charge in [0.15, 0.2) is 24.2 Å². The lowest BCUT2D eigenvalue weighted by atomic mass is 10.1. The Morgan fingerprint density at radius 3 is 1.01 bits per heavy atom. The lowest BCUT2D eigenvalue weighted by Crippen LogP contribution is -2.74. The molecule has 4 heterocycles. The molecule has 0 aliphatic carbocycles. The van der Waals surface area contributed by atoms with E-state index >= 15 is 0 Å². The number of fused-ring (bicyclic) bond motifs is 10. The predicted molar refractivity (Wildman–Crippen MR) is 487 cm³/mol. The van der Waals surface area contributed by atoms with Crippen molar-refractivity contribution in [1.82, 2.24) is 23.7 Å². The number of nitrogens with zero attached hydrogens (tertiary/aromatic N) is 5. The van der Waals surface area contributed by atoms with Gasteiger partial charge in [0, 0.05) is 49.6 Å². The molecule has 536 valence electrons. The monoisotopic (exact) mass is 1500 g/mol. The van der Waals surface area contributed by atoms with Gasteiger partial charge in [-0.3, -0.25) is 9.13 Å². The van der Waals surface area contributed by atoms with Crippen LogP contribution in [0, 0.1) is 0 Å². The summed E-state index contributed by atoms with van der Waals surface area (Å²) in [7, 11) is -9.11. The van der Waals surface area contributed by atoms with Crippen molar-refractivity contribution in [2.45, 2.75) is 0 Å². The summed E-state index contributed by atoms with van der Waals surface area (Å²) < 4.78 is 7.34. The molecule has 8 heteroatoms. The number of aromatic nitrogens is 5. The highest BCUT2D eigenvalue weighted by Crippen LogP contribution is 2.43. The van der Waals surface area contributed by atoms with Crippen molar-refractivity contribution in [2.24, 2.45) is 0 Å². The lowest BCUT2D eigenvalue weighted by molar-refractivity contribution is 0.953. The third-order valence-electron chi connectivity index (χ3n) is 23.9. The first-order chi connectivity index (χ1) is 56.6. The molecule has 21 rings (SSSR count). The topological polar surface area (TPSA) is 40.6 Å². The predicted octanol–water partition coefficient (Wildman–Crippen LogP) is 17.2. The van der Waals surface area contributed by atoms with Gasteiger partial charge in [-0.05, 0) is 116 Å². The van der Waals surface area contributed by atoms with Crippen LogP contribution in [0.15, 0.2) is 455 Å². The Morgan fingerprint density at radius 1 is 0.184 bits per heavy atom. The first-order valence-electron chi connectivity index (χ1n) is 39.3. The quantitative estimate of drug-likeness (QED) is 0.0673. The highest BCUT2D eigenvalue weighted by Gasteiger charge is 2.45. The molecule has 0 aliphatic heterocycles. The molecule has 0 aliphatic rings. The molecule has 0 amide bonds. The Morgan fingerprint density at radius 2 is 0.526 bits per heavy atom. The number of hydrogen-bond acceptors (Lipinski definition) is 2. The van der Waals surface area contributed by atoms with Gasteiger partial charge in [0.25, 0.3) is 0 Å². The molecule has 21 aromatic rings. The molecule has 0 unspecified atom stereocenters. The van der Waals surface area contributed by atoms with E-state index in [0.717, 1.165) is 88.2 Å². The van der Waals surface area contributed by atoms with Crippen molar-refractivity contribution >= 4 is 152 Å². The maximum Gasteiger partial charge on any atom is 0.237 e. The first-order valence-corrected chi connectivity index (χ1v) is 45.3. The summed E-state index contributed by atoms with van der Waals surface area (Å²) in [6.07, 6.45) is 0. The Kier molecular flexibility index (Phi) is 16.9.